The van der Waals surface area contributed by atoms with Gasteiger partial charge < -0.3 is 10.4 Å². The molecule has 0 aromatic carbocycles. The Labute approximate surface area is 112 Å². The number of alkyl halides is 3. The summed E-state index contributed by atoms with van der Waals surface area (Å²) in [6.07, 6.45) is -3.82. The summed E-state index contributed by atoms with van der Waals surface area (Å²) in [6, 6.07) is 3.59. The minimum atomic E-state index is -4.47. The van der Waals surface area contributed by atoms with Crippen molar-refractivity contribution in [3.05, 3.63) is 35.2 Å². The molecule has 0 unspecified atom stereocenters. The molecule has 100 valence electrons. The fourth-order valence-corrected chi connectivity index (χ4v) is 1.41. The Morgan fingerprint density at radius 3 is 2.47 bits per heavy atom. The van der Waals surface area contributed by atoms with Gasteiger partial charge in [-0.05, 0) is 19.1 Å². The lowest BCUT2D eigenvalue weighted by Crippen LogP contribution is -2.14. The molecule has 0 fully saturated rings. The second-order valence-corrected chi connectivity index (χ2v) is 3.86. The second kappa shape index (κ2) is 5.67. The number of hydrogen-bond donors (Lipinski definition) is 2. The number of anilines is 1. The van der Waals surface area contributed by atoms with Crippen LogP contribution in [0.25, 0.3) is 0 Å². The Hall–Kier alpha value is -2.14. The van der Waals surface area contributed by atoms with Gasteiger partial charge >= 0.3 is 6.18 Å². The number of aromatic nitrogens is 1. The van der Waals surface area contributed by atoms with Gasteiger partial charge in [0.25, 0.3) is 0 Å². The standard InChI is InChI=1S/C11H8F3N3OS/c1-6(18)8(4-15)10(19)17-9-3-2-7(5-16-9)11(12,13)14/h2-3,5,18H,1H3,(H,16,17,19). The van der Waals surface area contributed by atoms with Crippen LogP contribution in [-0.2, 0) is 6.18 Å². The molecule has 1 aromatic heterocycles. The average molecular weight is 287 g/mol. The summed E-state index contributed by atoms with van der Waals surface area (Å²) in [5.41, 5.74) is -1.06. The normalized spacial score (nSPS) is 12.4. The van der Waals surface area contributed by atoms with E-state index in [2.05, 4.69) is 10.3 Å². The van der Waals surface area contributed by atoms with E-state index >= 15 is 0 Å². The van der Waals surface area contributed by atoms with Gasteiger partial charge in [-0.2, -0.15) is 18.4 Å². The first-order valence-corrected chi connectivity index (χ1v) is 5.31. The number of thiocarbonyl (C=S) groups is 1. The van der Waals surface area contributed by atoms with E-state index in [4.69, 9.17) is 17.5 Å². The molecule has 0 saturated heterocycles. The Bertz CT molecular complexity index is 554. The molecule has 2 N–H and O–H groups in total. The van der Waals surface area contributed by atoms with Crippen LogP contribution in [0.3, 0.4) is 0 Å². The van der Waals surface area contributed by atoms with Gasteiger partial charge in [0.1, 0.15) is 28.2 Å². The Morgan fingerprint density at radius 2 is 2.11 bits per heavy atom. The minimum Gasteiger partial charge on any atom is -0.511 e. The predicted molar refractivity (Wildman–Crippen MR) is 66.4 cm³/mol. The number of nitrogens with one attached hydrogen (secondary N) is 1. The first-order valence-electron chi connectivity index (χ1n) is 4.90. The highest BCUT2D eigenvalue weighted by molar-refractivity contribution is 7.81. The van der Waals surface area contributed by atoms with Crippen molar-refractivity contribution < 1.29 is 18.3 Å². The highest BCUT2D eigenvalue weighted by Gasteiger charge is 2.30. The zero-order valence-corrected chi connectivity index (χ0v) is 10.4. The van der Waals surface area contributed by atoms with Crippen LogP contribution in [0.15, 0.2) is 29.7 Å². The number of nitrogens with zero attached hydrogens (tertiary/aromatic N) is 2. The van der Waals surface area contributed by atoms with Crippen LogP contribution < -0.4 is 5.32 Å². The van der Waals surface area contributed by atoms with E-state index in [0.29, 0.717) is 6.20 Å². The van der Waals surface area contributed by atoms with Crippen molar-refractivity contribution in [1.29, 1.82) is 5.26 Å². The van der Waals surface area contributed by atoms with E-state index < -0.39 is 11.7 Å². The first-order chi connectivity index (χ1) is 8.75. The topological polar surface area (TPSA) is 68.9 Å². The number of pyridine rings is 1. The number of aliphatic hydroxyl groups excluding tert-OH is 1. The van der Waals surface area contributed by atoms with Crippen molar-refractivity contribution in [3.63, 3.8) is 0 Å². The summed E-state index contributed by atoms with van der Waals surface area (Å²) >= 11 is 4.83. The van der Waals surface area contributed by atoms with Crippen LogP contribution >= 0.6 is 12.2 Å². The highest BCUT2D eigenvalue weighted by atomic mass is 32.1. The van der Waals surface area contributed by atoms with Gasteiger partial charge in [-0.25, -0.2) is 4.98 Å². The van der Waals surface area contributed by atoms with E-state index in [1.165, 1.54) is 6.92 Å². The van der Waals surface area contributed by atoms with Crippen LogP contribution in [0.4, 0.5) is 19.0 Å². The smallest absolute Gasteiger partial charge is 0.417 e. The maximum Gasteiger partial charge on any atom is 0.417 e. The SMILES string of the molecule is CC(O)=C(C#N)C(=S)Nc1ccc(C(F)(F)F)cn1. The fraction of sp³-hybridized carbons (Fsp3) is 0.182. The van der Waals surface area contributed by atoms with Crippen molar-refractivity contribution in [2.75, 3.05) is 5.32 Å². The van der Waals surface area contributed by atoms with Gasteiger partial charge in [0.15, 0.2) is 0 Å². The van der Waals surface area contributed by atoms with E-state index in [-0.39, 0.29) is 22.1 Å². The number of halogens is 3. The largest absolute Gasteiger partial charge is 0.511 e. The second-order valence-electron chi connectivity index (χ2n) is 3.46. The molecular weight excluding hydrogens is 279 g/mol. The van der Waals surface area contributed by atoms with Gasteiger partial charge in [0.05, 0.1) is 5.56 Å². The number of hydrogen-bond acceptors (Lipinski definition) is 4. The molecule has 8 heteroatoms. The molecule has 0 atom stereocenters. The van der Waals surface area contributed by atoms with Crippen molar-refractivity contribution in [1.82, 2.24) is 4.98 Å². The van der Waals surface area contributed by atoms with Crippen LogP contribution in [0.1, 0.15) is 12.5 Å². The summed E-state index contributed by atoms with van der Waals surface area (Å²) in [5, 5.41) is 20.4. The van der Waals surface area contributed by atoms with Gasteiger partial charge in [0.2, 0.25) is 0 Å². The molecule has 4 nitrogen and oxygen atoms in total. The summed E-state index contributed by atoms with van der Waals surface area (Å²) in [6.45, 7) is 1.27. The van der Waals surface area contributed by atoms with Gasteiger partial charge in [-0.3, -0.25) is 0 Å². The lowest BCUT2D eigenvalue weighted by atomic mass is 10.2. The quantitative estimate of drug-likeness (QED) is 0.378. The number of nitriles is 1. The van der Waals surface area contributed by atoms with E-state index in [0.717, 1.165) is 12.1 Å². The fourth-order valence-electron chi connectivity index (χ4n) is 1.11. The molecule has 0 saturated carbocycles. The van der Waals surface area contributed by atoms with Crippen LogP contribution in [0.2, 0.25) is 0 Å². The summed E-state index contributed by atoms with van der Waals surface area (Å²) in [5.74, 6) is -0.237. The monoisotopic (exact) mass is 287 g/mol. The summed E-state index contributed by atoms with van der Waals surface area (Å²) in [4.78, 5) is 3.41. The molecule has 0 aliphatic heterocycles. The van der Waals surface area contributed by atoms with Gasteiger partial charge in [-0.15, -0.1) is 0 Å². The number of allylic oxidation sites excluding steroid dienone is 1. The van der Waals surface area contributed by atoms with E-state index in [1.807, 2.05) is 0 Å². The first kappa shape index (κ1) is 14.9. The van der Waals surface area contributed by atoms with Gasteiger partial charge in [0, 0.05) is 6.20 Å². The molecule has 0 aliphatic rings. The molecule has 1 rings (SSSR count). The van der Waals surface area contributed by atoms with Crippen molar-refractivity contribution >= 4 is 23.0 Å². The maximum absolute atomic E-state index is 12.3. The average Bonchev–Trinajstić information content (AvgIpc) is 2.28. The molecule has 19 heavy (non-hydrogen) atoms. The van der Waals surface area contributed by atoms with Crippen LogP contribution in [0.5, 0.6) is 0 Å². The molecular formula is C11H8F3N3OS. The molecule has 1 aromatic rings. The zero-order chi connectivity index (χ0) is 14.6. The molecule has 0 bridgehead atoms. The molecule has 0 aliphatic carbocycles. The van der Waals surface area contributed by atoms with Crippen molar-refractivity contribution in [2.24, 2.45) is 0 Å². The molecule has 0 radical (unpaired) electrons. The lowest BCUT2D eigenvalue weighted by Gasteiger charge is -2.09. The predicted octanol–water partition coefficient (Wildman–Crippen LogP) is 3.20. The van der Waals surface area contributed by atoms with Gasteiger partial charge in [-0.1, -0.05) is 12.2 Å². The third kappa shape index (κ3) is 3.93. The zero-order valence-electron chi connectivity index (χ0n) is 9.62. The molecule has 1 heterocycles. The maximum atomic E-state index is 12.3. The Kier molecular flexibility index (Phi) is 4.45. The van der Waals surface area contributed by atoms with E-state index in [9.17, 15) is 18.3 Å². The van der Waals surface area contributed by atoms with Crippen molar-refractivity contribution in [3.8, 4) is 6.07 Å². The Balaban J connectivity index is 2.89. The molecule has 0 spiro atoms. The number of rotatable bonds is 2. The van der Waals surface area contributed by atoms with Crippen LogP contribution in [-0.4, -0.2) is 15.1 Å². The van der Waals surface area contributed by atoms with Crippen LogP contribution in [0, 0.1) is 11.3 Å². The van der Waals surface area contributed by atoms with E-state index in [1.54, 1.807) is 6.07 Å². The third-order valence-corrected chi connectivity index (χ3v) is 2.34. The molecule has 0 amide bonds. The summed E-state index contributed by atoms with van der Waals surface area (Å²) < 4.78 is 36.9. The highest BCUT2D eigenvalue weighted by Crippen LogP contribution is 2.28. The van der Waals surface area contributed by atoms with Crippen molar-refractivity contribution in [2.45, 2.75) is 13.1 Å². The number of aliphatic hydroxyl groups is 1. The Morgan fingerprint density at radius 1 is 1.47 bits per heavy atom. The summed E-state index contributed by atoms with van der Waals surface area (Å²) in [7, 11) is 0. The lowest BCUT2D eigenvalue weighted by molar-refractivity contribution is -0.137. The minimum absolute atomic E-state index is 0.0481. The third-order valence-electron chi connectivity index (χ3n) is 2.03.